The molecule has 0 saturated heterocycles. The van der Waals surface area contributed by atoms with Gasteiger partial charge in [-0.15, -0.1) is 0 Å². The second-order valence-corrected chi connectivity index (χ2v) is 7.01. The molecule has 4 aromatic carbocycles. The number of hydrogen-bond donors (Lipinski definition) is 0. The fourth-order valence-corrected chi connectivity index (χ4v) is 4.35. The Hall–Kier alpha value is -3.10. The number of nitrogens with zero attached hydrogens (tertiary/aromatic N) is 2. The predicted molar refractivity (Wildman–Crippen MR) is 110 cm³/mol. The molecule has 0 aliphatic carbocycles. The van der Waals surface area contributed by atoms with Crippen LogP contribution in [0.15, 0.2) is 78.9 Å². The van der Waals surface area contributed by atoms with Gasteiger partial charge in [-0.25, -0.2) is 4.98 Å². The van der Waals surface area contributed by atoms with Gasteiger partial charge in [-0.05, 0) is 23.6 Å². The zero-order valence-electron chi connectivity index (χ0n) is 13.8. The molecule has 0 atom stereocenters. The standard InChI is InChI=1S/C23H13ClN2/c24-19-9-5-8-16-15(19)12-13-17-14-6-1-2-7-18(14)23-25-20-10-3-4-11-21(20)26(23)22(16)17/h1-13H. The quantitative estimate of drug-likeness (QED) is 0.281. The Bertz CT molecular complexity index is 1490. The molecule has 6 aromatic rings. The average Bonchev–Trinajstić information content (AvgIpc) is 3.08. The SMILES string of the molecule is Clc1cccc2c1ccc1c3ccccc3c3nc4ccccc4n3c21. The van der Waals surface area contributed by atoms with Crippen LogP contribution in [0.3, 0.4) is 0 Å². The first-order valence-electron chi connectivity index (χ1n) is 8.62. The van der Waals surface area contributed by atoms with Crippen LogP contribution in [0.4, 0.5) is 0 Å². The summed E-state index contributed by atoms with van der Waals surface area (Å²) in [5, 5.41) is 6.58. The van der Waals surface area contributed by atoms with Crippen molar-refractivity contribution in [2.45, 2.75) is 0 Å². The van der Waals surface area contributed by atoms with Gasteiger partial charge >= 0.3 is 0 Å². The van der Waals surface area contributed by atoms with E-state index < -0.39 is 0 Å². The molecular weight excluding hydrogens is 340 g/mol. The fourth-order valence-electron chi connectivity index (χ4n) is 4.11. The molecular formula is C23H13ClN2. The van der Waals surface area contributed by atoms with E-state index in [1.165, 1.54) is 10.8 Å². The van der Waals surface area contributed by atoms with E-state index in [0.717, 1.165) is 43.4 Å². The molecule has 0 spiro atoms. The molecule has 0 aliphatic rings. The number of pyridine rings is 1. The predicted octanol–water partition coefficient (Wildman–Crippen LogP) is 6.60. The van der Waals surface area contributed by atoms with Crippen molar-refractivity contribution >= 4 is 60.7 Å². The first kappa shape index (κ1) is 14.1. The van der Waals surface area contributed by atoms with Crippen LogP contribution in [-0.4, -0.2) is 9.38 Å². The Morgan fingerprint density at radius 2 is 1.31 bits per heavy atom. The Labute approximate surface area is 154 Å². The molecule has 0 amide bonds. The molecule has 3 heteroatoms. The zero-order valence-corrected chi connectivity index (χ0v) is 14.5. The molecule has 26 heavy (non-hydrogen) atoms. The van der Waals surface area contributed by atoms with Gasteiger partial charge in [0, 0.05) is 26.6 Å². The molecule has 2 heterocycles. The maximum atomic E-state index is 6.49. The maximum Gasteiger partial charge on any atom is 0.146 e. The summed E-state index contributed by atoms with van der Waals surface area (Å²) in [7, 11) is 0. The summed E-state index contributed by atoms with van der Waals surface area (Å²) in [6.45, 7) is 0. The molecule has 0 aliphatic heterocycles. The van der Waals surface area contributed by atoms with Gasteiger partial charge < -0.3 is 0 Å². The van der Waals surface area contributed by atoms with Crippen LogP contribution < -0.4 is 0 Å². The minimum atomic E-state index is 0.773. The van der Waals surface area contributed by atoms with Crippen LogP contribution in [0.2, 0.25) is 5.02 Å². The van der Waals surface area contributed by atoms with E-state index in [2.05, 4.69) is 65.1 Å². The Morgan fingerprint density at radius 1 is 0.615 bits per heavy atom. The highest BCUT2D eigenvalue weighted by atomic mass is 35.5. The van der Waals surface area contributed by atoms with Crippen LogP contribution >= 0.6 is 11.6 Å². The van der Waals surface area contributed by atoms with Crippen LogP contribution in [0, 0.1) is 0 Å². The van der Waals surface area contributed by atoms with Gasteiger partial charge in [0.1, 0.15) is 5.65 Å². The average molecular weight is 353 g/mol. The van der Waals surface area contributed by atoms with Crippen molar-refractivity contribution in [3.8, 4) is 0 Å². The zero-order chi connectivity index (χ0) is 17.3. The van der Waals surface area contributed by atoms with Crippen molar-refractivity contribution in [2.24, 2.45) is 0 Å². The number of aromatic nitrogens is 2. The molecule has 2 aromatic heterocycles. The lowest BCUT2D eigenvalue weighted by molar-refractivity contribution is 1.32. The number of imidazole rings is 1. The largest absolute Gasteiger partial charge is 0.291 e. The number of hydrogen-bond acceptors (Lipinski definition) is 1. The summed E-state index contributed by atoms with van der Waals surface area (Å²) >= 11 is 6.49. The summed E-state index contributed by atoms with van der Waals surface area (Å²) in [4.78, 5) is 4.95. The Kier molecular flexibility index (Phi) is 2.69. The van der Waals surface area contributed by atoms with Crippen LogP contribution in [0.25, 0.3) is 49.1 Å². The maximum absolute atomic E-state index is 6.49. The van der Waals surface area contributed by atoms with Crippen molar-refractivity contribution < 1.29 is 0 Å². The lowest BCUT2D eigenvalue weighted by atomic mass is 10.0. The minimum Gasteiger partial charge on any atom is -0.291 e. The van der Waals surface area contributed by atoms with E-state index in [0.29, 0.717) is 0 Å². The number of halogens is 1. The van der Waals surface area contributed by atoms with Crippen molar-refractivity contribution in [1.82, 2.24) is 9.38 Å². The van der Waals surface area contributed by atoms with Gasteiger partial charge in [-0.2, -0.15) is 0 Å². The van der Waals surface area contributed by atoms with E-state index in [4.69, 9.17) is 16.6 Å². The summed E-state index contributed by atoms with van der Waals surface area (Å²) in [5.74, 6) is 0. The van der Waals surface area contributed by atoms with Gasteiger partial charge in [-0.3, -0.25) is 4.40 Å². The van der Waals surface area contributed by atoms with Crippen molar-refractivity contribution in [3.05, 3.63) is 83.9 Å². The molecule has 2 nitrogen and oxygen atoms in total. The van der Waals surface area contributed by atoms with E-state index in [-0.39, 0.29) is 0 Å². The highest BCUT2D eigenvalue weighted by Gasteiger charge is 2.15. The Balaban J connectivity index is 2.08. The number of benzene rings is 4. The van der Waals surface area contributed by atoms with Crippen molar-refractivity contribution in [2.75, 3.05) is 0 Å². The van der Waals surface area contributed by atoms with E-state index in [1.54, 1.807) is 0 Å². The molecule has 0 fully saturated rings. The van der Waals surface area contributed by atoms with Crippen molar-refractivity contribution in [1.29, 1.82) is 0 Å². The summed E-state index contributed by atoms with van der Waals surface area (Å²) < 4.78 is 2.28. The number of para-hydroxylation sites is 2. The van der Waals surface area contributed by atoms with Gasteiger partial charge in [0.2, 0.25) is 0 Å². The Morgan fingerprint density at radius 3 is 2.23 bits per heavy atom. The van der Waals surface area contributed by atoms with Gasteiger partial charge in [0.25, 0.3) is 0 Å². The molecule has 122 valence electrons. The molecule has 0 radical (unpaired) electrons. The highest BCUT2D eigenvalue weighted by Crippen LogP contribution is 2.37. The lowest BCUT2D eigenvalue weighted by Gasteiger charge is -2.12. The smallest absolute Gasteiger partial charge is 0.146 e. The third-order valence-electron chi connectivity index (χ3n) is 5.22. The van der Waals surface area contributed by atoms with Crippen LogP contribution in [-0.2, 0) is 0 Å². The fraction of sp³-hybridized carbons (Fsp3) is 0. The van der Waals surface area contributed by atoms with E-state index >= 15 is 0 Å². The minimum absolute atomic E-state index is 0.773. The molecule has 0 bridgehead atoms. The van der Waals surface area contributed by atoms with Crippen molar-refractivity contribution in [3.63, 3.8) is 0 Å². The van der Waals surface area contributed by atoms with E-state index in [9.17, 15) is 0 Å². The van der Waals surface area contributed by atoms with Gasteiger partial charge in [-0.1, -0.05) is 72.3 Å². The monoisotopic (exact) mass is 352 g/mol. The third-order valence-corrected chi connectivity index (χ3v) is 5.55. The molecule has 0 N–H and O–H groups in total. The normalized spacial score (nSPS) is 12.0. The summed E-state index contributed by atoms with van der Waals surface area (Å²) in [5.41, 5.74) is 4.27. The summed E-state index contributed by atoms with van der Waals surface area (Å²) in [6.07, 6.45) is 0. The van der Waals surface area contributed by atoms with Crippen LogP contribution in [0.1, 0.15) is 0 Å². The third kappa shape index (κ3) is 1.69. The van der Waals surface area contributed by atoms with Gasteiger partial charge in [0.15, 0.2) is 0 Å². The second kappa shape index (κ2) is 4.96. The first-order chi connectivity index (χ1) is 12.8. The molecule has 0 saturated carbocycles. The highest BCUT2D eigenvalue weighted by molar-refractivity contribution is 6.36. The second-order valence-electron chi connectivity index (χ2n) is 6.60. The number of fused-ring (bicyclic) bond motifs is 10. The first-order valence-corrected chi connectivity index (χ1v) is 8.99. The van der Waals surface area contributed by atoms with Gasteiger partial charge in [0.05, 0.1) is 16.6 Å². The molecule has 0 unspecified atom stereocenters. The van der Waals surface area contributed by atoms with E-state index in [1.807, 2.05) is 18.2 Å². The topological polar surface area (TPSA) is 17.3 Å². The van der Waals surface area contributed by atoms with Crippen LogP contribution in [0.5, 0.6) is 0 Å². The summed E-state index contributed by atoms with van der Waals surface area (Å²) in [6, 6.07) is 27.2. The number of rotatable bonds is 0. The molecule has 6 rings (SSSR count). The lowest BCUT2D eigenvalue weighted by Crippen LogP contribution is -1.93.